The highest BCUT2D eigenvalue weighted by Crippen LogP contribution is 2.38. The molecule has 2 amide bonds. The molecule has 148 valence electrons. The van der Waals surface area contributed by atoms with Gasteiger partial charge in [0.05, 0.1) is 26.0 Å². The van der Waals surface area contributed by atoms with E-state index in [0.717, 1.165) is 36.1 Å². The van der Waals surface area contributed by atoms with Crippen LogP contribution in [0, 0.1) is 0 Å². The Labute approximate surface area is 166 Å². The fraction of sp³-hybridized carbons (Fsp3) is 0.316. The molecule has 0 radical (unpaired) electrons. The smallest absolute Gasteiger partial charge is 0.341 e. The molecule has 0 atom stereocenters. The van der Waals surface area contributed by atoms with Gasteiger partial charge in [0.25, 0.3) is 0 Å². The summed E-state index contributed by atoms with van der Waals surface area (Å²) in [4.78, 5) is 25.5. The van der Waals surface area contributed by atoms with Gasteiger partial charge in [-0.2, -0.15) is 5.10 Å². The zero-order valence-corrected chi connectivity index (χ0v) is 16.4. The first-order valence-electron chi connectivity index (χ1n) is 8.73. The van der Waals surface area contributed by atoms with Crippen LogP contribution in [0.15, 0.2) is 23.3 Å². The first kappa shape index (κ1) is 19.7. The topological polar surface area (TPSA) is 109 Å². The zero-order chi connectivity index (χ0) is 20.1. The highest BCUT2D eigenvalue weighted by Gasteiger charge is 2.26. The normalized spacial score (nSPS) is 13.1. The Morgan fingerprint density at radius 3 is 2.79 bits per heavy atom. The van der Waals surface area contributed by atoms with Crippen LogP contribution < -0.4 is 15.5 Å². The maximum atomic E-state index is 12.2. The van der Waals surface area contributed by atoms with Crippen LogP contribution in [0.5, 0.6) is 11.5 Å². The number of aryl methyl sites for hydroxylation is 1. The Kier molecular flexibility index (Phi) is 6.15. The fourth-order valence-electron chi connectivity index (χ4n) is 3.04. The maximum absolute atomic E-state index is 12.2. The second-order valence-electron chi connectivity index (χ2n) is 6.16. The quantitative estimate of drug-likeness (QED) is 0.403. The molecule has 1 aromatic carbocycles. The summed E-state index contributed by atoms with van der Waals surface area (Å²) in [5.74, 6) is -0.128. The number of hydrogen-bond acceptors (Lipinski definition) is 7. The number of aromatic hydroxyl groups is 1. The number of nitrogens with one attached hydrogen (secondary N) is 2. The van der Waals surface area contributed by atoms with Gasteiger partial charge in [-0.05, 0) is 55.0 Å². The molecule has 1 aliphatic rings. The first-order valence-corrected chi connectivity index (χ1v) is 9.55. The van der Waals surface area contributed by atoms with Crippen LogP contribution in [0.3, 0.4) is 0 Å². The molecule has 8 nitrogen and oxygen atoms in total. The monoisotopic (exact) mass is 403 g/mol. The number of hydrazone groups is 1. The van der Waals surface area contributed by atoms with Crippen molar-refractivity contribution in [1.82, 2.24) is 5.43 Å². The number of esters is 1. The number of nitrogens with zero attached hydrogens (tertiary/aromatic N) is 1. The second kappa shape index (κ2) is 8.75. The molecule has 9 heteroatoms. The third-order valence-corrected chi connectivity index (χ3v) is 5.58. The van der Waals surface area contributed by atoms with Gasteiger partial charge in [-0.3, -0.25) is 5.32 Å². The Morgan fingerprint density at radius 1 is 1.25 bits per heavy atom. The van der Waals surface area contributed by atoms with Crippen LogP contribution in [0.1, 0.15) is 39.2 Å². The number of ether oxygens (including phenoxy) is 2. The van der Waals surface area contributed by atoms with E-state index in [1.807, 2.05) is 0 Å². The molecule has 28 heavy (non-hydrogen) atoms. The van der Waals surface area contributed by atoms with E-state index in [0.29, 0.717) is 21.9 Å². The Hall–Kier alpha value is -3.07. The van der Waals surface area contributed by atoms with Crippen LogP contribution in [0.2, 0.25) is 0 Å². The van der Waals surface area contributed by atoms with Crippen LogP contribution in [-0.4, -0.2) is 37.5 Å². The van der Waals surface area contributed by atoms with Crippen molar-refractivity contribution in [1.29, 1.82) is 0 Å². The largest absolute Gasteiger partial charge is 0.504 e. The van der Waals surface area contributed by atoms with Crippen molar-refractivity contribution in [3.63, 3.8) is 0 Å². The second-order valence-corrected chi connectivity index (χ2v) is 7.27. The number of amides is 2. The molecule has 0 saturated heterocycles. The predicted molar refractivity (Wildman–Crippen MR) is 107 cm³/mol. The van der Waals surface area contributed by atoms with Gasteiger partial charge in [-0.25, -0.2) is 15.0 Å². The lowest BCUT2D eigenvalue weighted by Crippen LogP contribution is -2.24. The molecule has 1 aromatic heterocycles. The number of methoxy groups -OCH3 is 2. The molecular formula is C19H21N3O5S. The lowest BCUT2D eigenvalue weighted by Gasteiger charge is -2.11. The van der Waals surface area contributed by atoms with E-state index in [1.165, 1.54) is 37.8 Å². The fourth-order valence-corrected chi connectivity index (χ4v) is 4.32. The molecule has 0 spiro atoms. The number of urea groups is 1. The summed E-state index contributed by atoms with van der Waals surface area (Å²) in [5.41, 5.74) is 4.41. The van der Waals surface area contributed by atoms with Gasteiger partial charge >= 0.3 is 12.0 Å². The molecule has 0 bridgehead atoms. The van der Waals surface area contributed by atoms with Crippen molar-refractivity contribution in [3.8, 4) is 11.5 Å². The van der Waals surface area contributed by atoms with E-state index in [9.17, 15) is 14.7 Å². The number of phenolic OH excluding ortho intramolecular Hbond substituents is 1. The van der Waals surface area contributed by atoms with Crippen molar-refractivity contribution in [2.24, 2.45) is 5.10 Å². The van der Waals surface area contributed by atoms with Crippen molar-refractivity contribution in [2.75, 3.05) is 19.5 Å². The summed E-state index contributed by atoms with van der Waals surface area (Å²) in [6.45, 7) is 0. The number of rotatable bonds is 5. The van der Waals surface area contributed by atoms with Crippen LogP contribution >= 0.6 is 11.3 Å². The predicted octanol–water partition coefficient (Wildman–Crippen LogP) is 3.28. The Balaban J connectivity index is 1.70. The minimum Gasteiger partial charge on any atom is -0.504 e. The van der Waals surface area contributed by atoms with Crippen LogP contribution in [-0.2, 0) is 17.6 Å². The van der Waals surface area contributed by atoms with Gasteiger partial charge in [0.2, 0.25) is 0 Å². The highest BCUT2D eigenvalue weighted by molar-refractivity contribution is 7.17. The molecule has 3 rings (SSSR count). The number of anilines is 1. The minimum absolute atomic E-state index is 0.0161. The molecular weight excluding hydrogens is 382 g/mol. The van der Waals surface area contributed by atoms with E-state index in [1.54, 1.807) is 12.1 Å². The van der Waals surface area contributed by atoms with Gasteiger partial charge in [0, 0.05) is 4.88 Å². The number of carbonyl (C=O) groups excluding carboxylic acids is 2. The molecule has 0 aliphatic heterocycles. The number of thiophene rings is 1. The molecule has 1 aliphatic carbocycles. The number of benzene rings is 1. The highest BCUT2D eigenvalue weighted by atomic mass is 32.1. The van der Waals surface area contributed by atoms with E-state index in [-0.39, 0.29) is 5.75 Å². The van der Waals surface area contributed by atoms with Crippen molar-refractivity contribution < 1.29 is 24.2 Å². The summed E-state index contributed by atoms with van der Waals surface area (Å²) >= 11 is 1.40. The summed E-state index contributed by atoms with van der Waals surface area (Å²) < 4.78 is 9.91. The van der Waals surface area contributed by atoms with Crippen molar-refractivity contribution in [3.05, 3.63) is 39.8 Å². The van der Waals surface area contributed by atoms with E-state index in [2.05, 4.69) is 15.8 Å². The van der Waals surface area contributed by atoms with Gasteiger partial charge < -0.3 is 14.6 Å². The van der Waals surface area contributed by atoms with Gasteiger partial charge in [-0.1, -0.05) is 0 Å². The number of carbonyl (C=O) groups is 2. The van der Waals surface area contributed by atoms with Crippen molar-refractivity contribution >= 4 is 34.6 Å². The van der Waals surface area contributed by atoms with Crippen molar-refractivity contribution in [2.45, 2.75) is 25.7 Å². The van der Waals surface area contributed by atoms with E-state index < -0.39 is 12.0 Å². The number of fused-ring (bicyclic) bond motifs is 1. The standard InChI is InChI=1S/C19H21N3O5S/c1-26-14-9-11(7-8-13(14)23)10-20-22-19(25)21-17-16(18(24)27-2)12-5-3-4-6-15(12)28-17/h7-10,23H,3-6H2,1-2H3,(H2,21,22,25). The van der Waals surface area contributed by atoms with Gasteiger partial charge in [-0.15, -0.1) is 11.3 Å². The SMILES string of the molecule is COC(=O)c1c(NC(=O)NN=Cc2ccc(O)c(OC)c2)sc2c1CCCC2. The summed E-state index contributed by atoms with van der Waals surface area (Å²) in [7, 11) is 2.77. The molecule has 0 unspecified atom stereocenters. The molecule has 0 saturated carbocycles. The molecule has 3 N–H and O–H groups in total. The average molecular weight is 403 g/mol. The zero-order valence-electron chi connectivity index (χ0n) is 15.6. The van der Waals surface area contributed by atoms with E-state index >= 15 is 0 Å². The summed E-state index contributed by atoms with van der Waals surface area (Å²) in [6.07, 6.45) is 5.20. The Morgan fingerprint density at radius 2 is 2.04 bits per heavy atom. The Bertz CT molecular complexity index is 923. The lowest BCUT2D eigenvalue weighted by molar-refractivity contribution is 0.0601. The third kappa shape index (κ3) is 4.25. The van der Waals surface area contributed by atoms with Crippen LogP contribution in [0.25, 0.3) is 0 Å². The first-order chi connectivity index (χ1) is 13.5. The van der Waals surface area contributed by atoms with Gasteiger partial charge in [0.15, 0.2) is 11.5 Å². The lowest BCUT2D eigenvalue weighted by atomic mass is 9.95. The number of hydrogen-bond donors (Lipinski definition) is 3. The third-order valence-electron chi connectivity index (χ3n) is 4.37. The van der Waals surface area contributed by atoms with Crippen LogP contribution in [0.4, 0.5) is 9.80 Å². The molecule has 1 heterocycles. The number of phenols is 1. The van der Waals surface area contributed by atoms with Gasteiger partial charge in [0.1, 0.15) is 5.00 Å². The molecule has 2 aromatic rings. The maximum Gasteiger partial charge on any atom is 0.341 e. The van der Waals surface area contributed by atoms with E-state index in [4.69, 9.17) is 9.47 Å². The molecule has 0 fully saturated rings. The summed E-state index contributed by atoms with van der Waals surface area (Å²) in [6, 6.07) is 4.12. The average Bonchev–Trinajstić information content (AvgIpc) is 3.06. The minimum atomic E-state index is -0.564. The summed E-state index contributed by atoms with van der Waals surface area (Å²) in [5, 5.41) is 16.6.